The van der Waals surface area contributed by atoms with E-state index in [9.17, 15) is 4.79 Å². The lowest BCUT2D eigenvalue weighted by molar-refractivity contribution is 0.464. The SMILES string of the molecule is Cc1cn2nc(-c3cc(=O)n4cc(C5CCNCC5)sc4n3)cc(Oc3ccccc3)c2n1. The largest absolute Gasteiger partial charge is 0.453 e. The summed E-state index contributed by atoms with van der Waals surface area (Å²) in [7, 11) is 0. The molecule has 166 valence electrons. The highest BCUT2D eigenvalue weighted by molar-refractivity contribution is 7.17. The minimum Gasteiger partial charge on any atom is -0.453 e. The average Bonchev–Trinajstić information content (AvgIpc) is 3.44. The molecule has 1 N–H and O–H groups in total. The summed E-state index contributed by atoms with van der Waals surface area (Å²) in [4.78, 5) is 24.2. The topological polar surface area (TPSA) is 85.8 Å². The van der Waals surface area contributed by atoms with Gasteiger partial charge in [0.2, 0.25) is 0 Å². The average molecular weight is 459 g/mol. The van der Waals surface area contributed by atoms with Crippen molar-refractivity contribution >= 4 is 21.9 Å². The summed E-state index contributed by atoms with van der Waals surface area (Å²) >= 11 is 1.59. The number of para-hydroxylation sites is 1. The van der Waals surface area contributed by atoms with Gasteiger partial charge in [-0.3, -0.25) is 9.20 Å². The molecule has 0 spiro atoms. The van der Waals surface area contributed by atoms with Crippen LogP contribution in [0.4, 0.5) is 0 Å². The van der Waals surface area contributed by atoms with Gasteiger partial charge in [0, 0.05) is 23.2 Å². The minimum absolute atomic E-state index is 0.110. The molecular weight excluding hydrogens is 436 g/mol. The lowest BCUT2D eigenvalue weighted by Crippen LogP contribution is -2.26. The number of aryl methyl sites for hydroxylation is 1. The number of thiazole rings is 1. The molecule has 0 amide bonds. The fourth-order valence-corrected chi connectivity index (χ4v) is 5.38. The number of piperidine rings is 1. The standard InChI is InChI=1S/C24H22N6O2S/c1-15-13-30-23(26-15)20(32-17-5-3-2-4-6-17)11-19(28-30)18-12-22(31)29-14-21(33-24(29)27-18)16-7-9-25-10-8-16/h2-6,11-14,16,25H,7-10H2,1H3. The van der Waals surface area contributed by atoms with Gasteiger partial charge in [0.15, 0.2) is 16.4 Å². The molecule has 0 atom stereocenters. The molecule has 0 aliphatic carbocycles. The van der Waals surface area contributed by atoms with Crippen LogP contribution in [0, 0.1) is 6.92 Å². The number of aromatic nitrogens is 5. The van der Waals surface area contributed by atoms with Crippen molar-refractivity contribution in [1.82, 2.24) is 29.3 Å². The number of imidazole rings is 1. The highest BCUT2D eigenvalue weighted by atomic mass is 32.1. The first-order chi connectivity index (χ1) is 16.1. The van der Waals surface area contributed by atoms with Crippen LogP contribution in [-0.2, 0) is 0 Å². The number of hydrogen-bond acceptors (Lipinski definition) is 7. The molecule has 1 aliphatic rings. The van der Waals surface area contributed by atoms with E-state index in [0.717, 1.165) is 31.6 Å². The van der Waals surface area contributed by atoms with Gasteiger partial charge in [0.05, 0.1) is 17.6 Å². The van der Waals surface area contributed by atoms with E-state index >= 15 is 0 Å². The lowest BCUT2D eigenvalue weighted by Gasteiger charge is -2.20. The van der Waals surface area contributed by atoms with Crippen LogP contribution in [-0.4, -0.2) is 37.1 Å². The second-order valence-electron chi connectivity index (χ2n) is 8.25. The third kappa shape index (κ3) is 3.79. The summed E-state index contributed by atoms with van der Waals surface area (Å²) < 4.78 is 9.46. The summed E-state index contributed by atoms with van der Waals surface area (Å²) in [5.74, 6) is 1.73. The Morgan fingerprint density at radius 3 is 2.70 bits per heavy atom. The highest BCUT2D eigenvalue weighted by Crippen LogP contribution is 2.32. The van der Waals surface area contributed by atoms with Crippen LogP contribution in [0.2, 0.25) is 0 Å². The van der Waals surface area contributed by atoms with Crippen molar-refractivity contribution in [3.63, 3.8) is 0 Å². The van der Waals surface area contributed by atoms with E-state index < -0.39 is 0 Å². The fourth-order valence-electron chi connectivity index (χ4n) is 4.23. The van der Waals surface area contributed by atoms with Crippen molar-refractivity contribution < 1.29 is 4.74 Å². The van der Waals surface area contributed by atoms with Gasteiger partial charge in [-0.15, -0.1) is 11.3 Å². The smallest absolute Gasteiger partial charge is 0.259 e. The Kier molecular flexibility index (Phi) is 4.92. The normalized spacial score (nSPS) is 14.8. The molecule has 0 bridgehead atoms. The molecule has 1 fully saturated rings. The minimum atomic E-state index is -0.110. The molecule has 0 unspecified atom stereocenters. The Morgan fingerprint density at radius 2 is 1.88 bits per heavy atom. The van der Waals surface area contributed by atoms with Gasteiger partial charge in [0.25, 0.3) is 5.56 Å². The van der Waals surface area contributed by atoms with E-state index in [1.807, 2.05) is 49.6 Å². The van der Waals surface area contributed by atoms with Crippen LogP contribution in [0.25, 0.3) is 22.0 Å². The molecule has 4 aromatic heterocycles. The Bertz CT molecular complexity index is 1520. The van der Waals surface area contributed by atoms with E-state index in [1.54, 1.807) is 26.3 Å². The van der Waals surface area contributed by atoms with Crippen molar-refractivity contribution in [2.75, 3.05) is 13.1 Å². The summed E-state index contributed by atoms with van der Waals surface area (Å²) in [5.41, 5.74) is 2.40. The second kappa shape index (κ2) is 8.09. The highest BCUT2D eigenvalue weighted by Gasteiger charge is 2.20. The predicted octanol–water partition coefficient (Wildman–Crippen LogP) is 4.03. The predicted molar refractivity (Wildman–Crippen MR) is 127 cm³/mol. The van der Waals surface area contributed by atoms with Crippen LogP contribution < -0.4 is 15.6 Å². The third-order valence-electron chi connectivity index (χ3n) is 5.87. The van der Waals surface area contributed by atoms with Gasteiger partial charge >= 0.3 is 0 Å². The first-order valence-corrected chi connectivity index (χ1v) is 11.8. The monoisotopic (exact) mass is 458 g/mol. The van der Waals surface area contributed by atoms with Crippen LogP contribution in [0.15, 0.2) is 59.7 Å². The van der Waals surface area contributed by atoms with E-state index in [-0.39, 0.29) is 5.56 Å². The zero-order valence-electron chi connectivity index (χ0n) is 18.1. The van der Waals surface area contributed by atoms with Gasteiger partial charge < -0.3 is 10.1 Å². The molecule has 5 heterocycles. The fraction of sp³-hybridized carbons (Fsp3) is 0.250. The first kappa shape index (κ1) is 20.1. The molecule has 0 radical (unpaired) electrons. The summed E-state index contributed by atoms with van der Waals surface area (Å²) in [6.07, 6.45) is 5.94. The number of hydrogen-bond donors (Lipinski definition) is 1. The van der Waals surface area contributed by atoms with Crippen molar-refractivity contribution in [3.05, 3.63) is 75.8 Å². The molecule has 6 rings (SSSR count). The molecular formula is C24H22N6O2S. The van der Waals surface area contributed by atoms with Crippen LogP contribution >= 0.6 is 11.3 Å². The maximum Gasteiger partial charge on any atom is 0.259 e. The molecule has 1 aliphatic heterocycles. The Morgan fingerprint density at radius 1 is 1.06 bits per heavy atom. The molecule has 8 nitrogen and oxygen atoms in total. The zero-order chi connectivity index (χ0) is 22.4. The first-order valence-electron chi connectivity index (χ1n) is 11.0. The van der Waals surface area contributed by atoms with Crippen molar-refractivity contribution in [2.45, 2.75) is 25.7 Å². The second-order valence-corrected chi connectivity index (χ2v) is 9.29. The summed E-state index contributed by atoms with van der Waals surface area (Å²) in [6.45, 7) is 3.92. The van der Waals surface area contributed by atoms with Gasteiger partial charge in [-0.05, 0) is 50.9 Å². The van der Waals surface area contributed by atoms with E-state index in [0.29, 0.717) is 39.4 Å². The summed E-state index contributed by atoms with van der Waals surface area (Å²) in [5, 5.41) is 8.07. The number of nitrogens with one attached hydrogen (secondary N) is 1. The maximum absolute atomic E-state index is 13.0. The molecule has 9 heteroatoms. The van der Waals surface area contributed by atoms with E-state index in [1.165, 1.54) is 10.9 Å². The molecule has 33 heavy (non-hydrogen) atoms. The van der Waals surface area contributed by atoms with Gasteiger partial charge in [-0.1, -0.05) is 18.2 Å². The van der Waals surface area contributed by atoms with Crippen LogP contribution in [0.5, 0.6) is 11.5 Å². The molecule has 0 saturated carbocycles. The van der Waals surface area contributed by atoms with E-state index in [2.05, 4.69) is 15.4 Å². The zero-order valence-corrected chi connectivity index (χ0v) is 18.9. The maximum atomic E-state index is 13.0. The number of rotatable bonds is 4. The van der Waals surface area contributed by atoms with Crippen molar-refractivity contribution in [2.24, 2.45) is 0 Å². The third-order valence-corrected chi connectivity index (χ3v) is 7.02. The number of benzene rings is 1. The van der Waals surface area contributed by atoms with Crippen molar-refractivity contribution in [3.8, 4) is 22.9 Å². The lowest BCUT2D eigenvalue weighted by atomic mass is 9.97. The number of nitrogens with zero attached hydrogens (tertiary/aromatic N) is 5. The molecule has 1 aromatic carbocycles. The van der Waals surface area contributed by atoms with Crippen molar-refractivity contribution in [1.29, 1.82) is 0 Å². The Balaban J connectivity index is 1.45. The van der Waals surface area contributed by atoms with Crippen LogP contribution in [0.1, 0.15) is 29.3 Å². The van der Waals surface area contributed by atoms with Gasteiger partial charge in [-0.25, -0.2) is 14.5 Å². The Hall–Kier alpha value is -3.56. The Labute approximate surface area is 193 Å². The van der Waals surface area contributed by atoms with Gasteiger partial charge in [0.1, 0.15) is 11.4 Å². The summed E-state index contributed by atoms with van der Waals surface area (Å²) in [6, 6.07) is 12.9. The van der Waals surface area contributed by atoms with E-state index in [4.69, 9.17) is 9.72 Å². The molecule has 1 saturated heterocycles. The number of fused-ring (bicyclic) bond motifs is 2. The van der Waals surface area contributed by atoms with Crippen LogP contribution in [0.3, 0.4) is 0 Å². The quantitative estimate of drug-likeness (QED) is 0.438. The molecule has 5 aromatic rings. The number of ether oxygens (including phenoxy) is 1. The van der Waals surface area contributed by atoms with Gasteiger partial charge in [-0.2, -0.15) is 5.10 Å².